The largest absolute Gasteiger partial charge is 0.470 e. The summed E-state index contributed by atoms with van der Waals surface area (Å²) in [6, 6.07) is 4.99. The normalized spacial score (nSPS) is 17.3. The quantitative estimate of drug-likeness (QED) is 0.567. The maximum Gasteiger partial charge on any atom is 0.470 e. The predicted octanol–water partition coefficient (Wildman–Crippen LogP) is 2.92. The number of fused-ring (bicyclic) bond motifs is 2. The van der Waals surface area contributed by atoms with E-state index in [9.17, 15) is 13.2 Å². The summed E-state index contributed by atoms with van der Waals surface area (Å²) in [7, 11) is 0. The SMILES string of the molecule is Cc1cccn2nc([C@H]3c4nc[nH]c4CCN3c3nnc(C(F)(F)F)o3)cc12. The lowest BCUT2D eigenvalue weighted by Gasteiger charge is -2.32. The first-order valence-corrected chi connectivity index (χ1v) is 8.56. The highest BCUT2D eigenvalue weighted by atomic mass is 19.4. The van der Waals surface area contributed by atoms with Gasteiger partial charge in [0.05, 0.1) is 23.2 Å². The molecule has 0 fully saturated rings. The van der Waals surface area contributed by atoms with E-state index >= 15 is 0 Å². The van der Waals surface area contributed by atoms with E-state index in [1.807, 2.05) is 31.3 Å². The maximum atomic E-state index is 12.9. The lowest BCUT2D eigenvalue weighted by atomic mass is 10.00. The van der Waals surface area contributed by atoms with Crippen LogP contribution in [0.25, 0.3) is 5.52 Å². The molecule has 0 spiro atoms. The van der Waals surface area contributed by atoms with Crippen molar-refractivity contribution in [3.8, 4) is 0 Å². The molecule has 5 heterocycles. The van der Waals surface area contributed by atoms with Crippen LogP contribution in [0, 0.1) is 6.92 Å². The van der Waals surface area contributed by atoms with Crippen molar-refractivity contribution >= 4 is 11.5 Å². The van der Waals surface area contributed by atoms with Gasteiger partial charge in [0.1, 0.15) is 6.04 Å². The van der Waals surface area contributed by atoms with Crippen LogP contribution in [0.3, 0.4) is 0 Å². The van der Waals surface area contributed by atoms with Gasteiger partial charge in [-0.2, -0.15) is 18.3 Å². The van der Waals surface area contributed by atoms with Gasteiger partial charge in [0.2, 0.25) is 0 Å². The Hall–Kier alpha value is -3.37. The van der Waals surface area contributed by atoms with Crippen molar-refractivity contribution in [1.29, 1.82) is 0 Å². The standard InChI is InChI=1S/C17H14F3N7O/c1-9-3-2-5-27-12(9)7-11(25-27)14-13-10(21-8-22-13)4-6-26(14)16-24-23-15(28-16)17(18,19)20/h2-3,5,7-8,14H,4,6H2,1H3,(H,21,22)/t14-/m0/s1. The van der Waals surface area contributed by atoms with Gasteiger partial charge in [-0.05, 0) is 24.6 Å². The maximum absolute atomic E-state index is 12.9. The molecule has 4 aromatic heterocycles. The van der Waals surface area contributed by atoms with Gasteiger partial charge in [0.25, 0.3) is 0 Å². The third-order valence-electron chi connectivity index (χ3n) is 4.84. The number of imidazole rings is 1. The fourth-order valence-electron chi connectivity index (χ4n) is 3.54. The third kappa shape index (κ3) is 2.53. The molecule has 1 aliphatic rings. The Morgan fingerprint density at radius 1 is 1.29 bits per heavy atom. The van der Waals surface area contributed by atoms with Crippen molar-refractivity contribution in [3.63, 3.8) is 0 Å². The average molecular weight is 389 g/mol. The highest BCUT2D eigenvalue weighted by molar-refractivity contribution is 5.56. The molecule has 0 aliphatic carbocycles. The molecule has 11 heteroatoms. The number of H-pyrrole nitrogens is 1. The first-order chi connectivity index (χ1) is 13.4. The Balaban J connectivity index is 1.64. The molecule has 0 unspecified atom stereocenters. The highest BCUT2D eigenvalue weighted by Gasteiger charge is 2.41. The van der Waals surface area contributed by atoms with Crippen LogP contribution >= 0.6 is 0 Å². The van der Waals surface area contributed by atoms with Crippen molar-refractivity contribution in [1.82, 2.24) is 29.8 Å². The lowest BCUT2D eigenvalue weighted by molar-refractivity contribution is -0.157. The molecule has 0 amide bonds. The molecule has 0 bridgehead atoms. The highest BCUT2D eigenvalue weighted by Crippen LogP contribution is 2.38. The second-order valence-electron chi connectivity index (χ2n) is 6.59. The fourth-order valence-corrected chi connectivity index (χ4v) is 3.54. The van der Waals surface area contributed by atoms with Crippen LogP contribution in [0.4, 0.5) is 19.2 Å². The van der Waals surface area contributed by atoms with E-state index in [4.69, 9.17) is 4.42 Å². The molecule has 144 valence electrons. The van der Waals surface area contributed by atoms with Crippen LogP contribution in [0.5, 0.6) is 0 Å². The Bertz CT molecular complexity index is 1160. The molecule has 28 heavy (non-hydrogen) atoms. The van der Waals surface area contributed by atoms with E-state index in [1.54, 1.807) is 15.7 Å². The summed E-state index contributed by atoms with van der Waals surface area (Å²) >= 11 is 0. The number of hydrogen-bond donors (Lipinski definition) is 1. The van der Waals surface area contributed by atoms with Gasteiger partial charge < -0.3 is 14.3 Å². The van der Waals surface area contributed by atoms with Crippen LogP contribution in [-0.2, 0) is 12.6 Å². The second-order valence-corrected chi connectivity index (χ2v) is 6.59. The zero-order chi connectivity index (χ0) is 19.5. The van der Waals surface area contributed by atoms with Gasteiger partial charge in [-0.3, -0.25) is 0 Å². The summed E-state index contributed by atoms with van der Waals surface area (Å²) in [4.78, 5) is 9.08. The fraction of sp³-hybridized carbons (Fsp3) is 0.294. The van der Waals surface area contributed by atoms with Gasteiger partial charge in [-0.25, -0.2) is 9.50 Å². The summed E-state index contributed by atoms with van der Waals surface area (Å²) < 4.78 is 45.4. The first kappa shape index (κ1) is 16.8. The number of nitrogens with zero attached hydrogens (tertiary/aromatic N) is 6. The minimum atomic E-state index is -4.70. The van der Waals surface area contributed by atoms with E-state index in [-0.39, 0.29) is 6.01 Å². The monoisotopic (exact) mass is 389 g/mol. The molecule has 1 N–H and O–H groups in total. The van der Waals surface area contributed by atoms with Crippen LogP contribution in [0.15, 0.2) is 35.1 Å². The Labute approximate surface area is 156 Å². The average Bonchev–Trinajstić information content (AvgIpc) is 3.38. The predicted molar refractivity (Wildman–Crippen MR) is 90.7 cm³/mol. The Morgan fingerprint density at radius 2 is 2.14 bits per heavy atom. The Morgan fingerprint density at radius 3 is 2.89 bits per heavy atom. The number of aryl methyl sites for hydroxylation is 1. The van der Waals surface area contributed by atoms with Crippen molar-refractivity contribution < 1.29 is 17.6 Å². The smallest absolute Gasteiger partial charge is 0.399 e. The van der Waals surface area contributed by atoms with Crippen molar-refractivity contribution in [2.45, 2.75) is 25.6 Å². The van der Waals surface area contributed by atoms with E-state index in [0.717, 1.165) is 16.8 Å². The number of aromatic nitrogens is 6. The van der Waals surface area contributed by atoms with Crippen LogP contribution in [-0.4, -0.2) is 36.3 Å². The minimum Gasteiger partial charge on any atom is -0.399 e. The van der Waals surface area contributed by atoms with Crippen LogP contribution < -0.4 is 4.90 Å². The Kier molecular flexibility index (Phi) is 3.48. The minimum absolute atomic E-state index is 0.209. The van der Waals surface area contributed by atoms with Crippen LogP contribution in [0.1, 0.15) is 34.6 Å². The number of halogens is 3. The van der Waals surface area contributed by atoms with Crippen molar-refractivity contribution in [2.24, 2.45) is 0 Å². The third-order valence-corrected chi connectivity index (χ3v) is 4.84. The van der Waals surface area contributed by atoms with Crippen LogP contribution in [0.2, 0.25) is 0 Å². The number of nitrogens with one attached hydrogen (secondary N) is 1. The molecule has 4 aromatic rings. The number of pyridine rings is 1. The number of rotatable bonds is 2. The van der Waals surface area contributed by atoms with E-state index in [0.29, 0.717) is 24.4 Å². The lowest BCUT2D eigenvalue weighted by Crippen LogP contribution is -2.37. The summed E-state index contributed by atoms with van der Waals surface area (Å²) in [6.07, 6.45) is -0.758. The first-order valence-electron chi connectivity index (χ1n) is 8.56. The number of hydrogen-bond acceptors (Lipinski definition) is 6. The van der Waals surface area contributed by atoms with Gasteiger partial charge in [0, 0.05) is 24.9 Å². The summed E-state index contributed by atoms with van der Waals surface area (Å²) in [5, 5.41) is 11.4. The molecule has 0 saturated heterocycles. The number of alkyl halides is 3. The second kappa shape index (κ2) is 5.81. The molecule has 8 nitrogen and oxygen atoms in total. The van der Waals surface area contributed by atoms with E-state index < -0.39 is 18.1 Å². The molecule has 1 atom stereocenters. The zero-order valence-corrected chi connectivity index (χ0v) is 14.6. The number of anilines is 1. The summed E-state index contributed by atoms with van der Waals surface area (Å²) in [5.41, 5.74) is 4.16. The van der Waals surface area contributed by atoms with Gasteiger partial charge in [0.15, 0.2) is 0 Å². The van der Waals surface area contributed by atoms with E-state index in [1.165, 1.54) is 0 Å². The molecular weight excluding hydrogens is 375 g/mol. The zero-order valence-electron chi connectivity index (χ0n) is 14.6. The molecular formula is C17H14F3N7O. The summed E-state index contributed by atoms with van der Waals surface area (Å²) in [6.45, 7) is 2.35. The van der Waals surface area contributed by atoms with Gasteiger partial charge in [-0.15, -0.1) is 5.10 Å². The molecule has 0 saturated carbocycles. The number of aromatic amines is 1. The van der Waals surface area contributed by atoms with E-state index in [2.05, 4.69) is 25.3 Å². The molecule has 0 aromatic carbocycles. The van der Waals surface area contributed by atoms with Gasteiger partial charge in [-0.1, -0.05) is 11.2 Å². The molecule has 0 radical (unpaired) electrons. The van der Waals surface area contributed by atoms with Gasteiger partial charge >= 0.3 is 18.1 Å². The van der Waals surface area contributed by atoms with Crippen molar-refractivity contribution in [3.05, 3.63) is 59.3 Å². The summed E-state index contributed by atoms with van der Waals surface area (Å²) in [5.74, 6) is -1.38. The molecule has 1 aliphatic heterocycles. The van der Waals surface area contributed by atoms with Crippen molar-refractivity contribution in [2.75, 3.05) is 11.4 Å². The topological polar surface area (TPSA) is 88.1 Å². The molecule has 5 rings (SSSR count).